The highest BCUT2D eigenvalue weighted by molar-refractivity contribution is 7.16. The smallest absolute Gasteiger partial charge is 0.212 e. The van der Waals surface area contributed by atoms with Crippen LogP contribution in [0.2, 0.25) is 0 Å². The highest BCUT2D eigenvalue weighted by atomic mass is 35.5. The zero-order chi connectivity index (χ0) is 13.2. The van der Waals surface area contributed by atoms with Gasteiger partial charge in [-0.15, -0.1) is 12.4 Å². The first-order chi connectivity index (χ1) is 9.26. The second-order valence-corrected chi connectivity index (χ2v) is 5.65. The van der Waals surface area contributed by atoms with Gasteiger partial charge in [-0.2, -0.15) is 5.10 Å². The van der Waals surface area contributed by atoms with Crippen LogP contribution in [-0.4, -0.2) is 21.1 Å². The Bertz CT molecular complexity index is 655. The van der Waals surface area contributed by atoms with Crippen molar-refractivity contribution in [2.75, 3.05) is 6.54 Å². The Balaban J connectivity index is 0.00000147. The van der Waals surface area contributed by atoms with Gasteiger partial charge in [0.15, 0.2) is 0 Å². The van der Waals surface area contributed by atoms with Gasteiger partial charge in [0.2, 0.25) is 4.96 Å². The number of benzene rings is 1. The number of nitrogens with zero attached hydrogens (tertiary/aromatic N) is 3. The van der Waals surface area contributed by atoms with Crippen LogP contribution in [0.5, 0.6) is 0 Å². The predicted molar refractivity (Wildman–Crippen MR) is 85.7 cm³/mol. The number of fused-ring (bicyclic) bond motifs is 1. The van der Waals surface area contributed by atoms with E-state index in [1.165, 1.54) is 5.56 Å². The van der Waals surface area contributed by atoms with E-state index < -0.39 is 0 Å². The number of aromatic nitrogens is 3. The average Bonchev–Trinajstić information content (AvgIpc) is 2.95. The summed E-state index contributed by atoms with van der Waals surface area (Å²) in [6, 6.07) is 8.39. The molecule has 0 spiro atoms. The van der Waals surface area contributed by atoms with Crippen molar-refractivity contribution in [3.63, 3.8) is 0 Å². The second-order valence-electron chi connectivity index (χ2n) is 4.61. The molecule has 3 aromatic rings. The van der Waals surface area contributed by atoms with Gasteiger partial charge in [-0.05, 0) is 19.9 Å². The van der Waals surface area contributed by atoms with Crippen molar-refractivity contribution in [3.8, 4) is 11.3 Å². The van der Waals surface area contributed by atoms with Crippen LogP contribution in [0, 0.1) is 6.92 Å². The summed E-state index contributed by atoms with van der Waals surface area (Å²) < 4.78 is 1.87. The number of nitrogens with two attached hydrogens (primary N) is 1. The number of rotatable bonds is 4. The van der Waals surface area contributed by atoms with Gasteiger partial charge in [-0.25, -0.2) is 9.50 Å². The first kappa shape index (κ1) is 15.0. The molecule has 2 aromatic heterocycles. The molecule has 6 heteroatoms. The fourth-order valence-corrected chi connectivity index (χ4v) is 2.88. The quantitative estimate of drug-likeness (QED) is 0.806. The minimum absolute atomic E-state index is 0. The van der Waals surface area contributed by atoms with Crippen LogP contribution in [0.1, 0.15) is 17.0 Å². The second kappa shape index (κ2) is 6.35. The van der Waals surface area contributed by atoms with Gasteiger partial charge in [0.1, 0.15) is 5.01 Å². The summed E-state index contributed by atoms with van der Waals surface area (Å²) in [6.07, 6.45) is 3.90. The van der Waals surface area contributed by atoms with E-state index >= 15 is 0 Å². The van der Waals surface area contributed by atoms with Crippen LogP contribution in [0.4, 0.5) is 0 Å². The fourth-order valence-electron chi connectivity index (χ4n) is 1.96. The maximum atomic E-state index is 5.51. The molecule has 20 heavy (non-hydrogen) atoms. The molecule has 0 radical (unpaired) electrons. The first-order valence-corrected chi connectivity index (χ1v) is 7.20. The summed E-state index contributed by atoms with van der Waals surface area (Å²) in [7, 11) is 0. The van der Waals surface area contributed by atoms with Crippen LogP contribution in [0.3, 0.4) is 0 Å². The number of hydrogen-bond donors (Lipinski definition) is 1. The number of hydrogen-bond acceptors (Lipinski definition) is 4. The fraction of sp³-hybridized carbons (Fsp3) is 0.286. The molecule has 0 fully saturated rings. The van der Waals surface area contributed by atoms with Gasteiger partial charge in [-0.3, -0.25) is 0 Å². The SMILES string of the molecule is Cc1ccc(-c2cn3nc(CCCN)sc3n2)cc1.Cl. The van der Waals surface area contributed by atoms with Crippen molar-refractivity contribution in [2.24, 2.45) is 5.73 Å². The molecule has 0 aliphatic carbocycles. The number of imidazole rings is 1. The highest BCUT2D eigenvalue weighted by Gasteiger charge is 2.09. The van der Waals surface area contributed by atoms with Crippen molar-refractivity contribution >= 4 is 28.7 Å². The summed E-state index contributed by atoms with van der Waals surface area (Å²) in [6.45, 7) is 2.79. The van der Waals surface area contributed by atoms with Crippen LogP contribution in [0.15, 0.2) is 30.5 Å². The van der Waals surface area contributed by atoms with E-state index in [1.54, 1.807) is 11.3 Å². The van der Waals surface area contributed by atoms with Crippen molar-refractivity contribution in [1.82, 2.24) is 14.6 Å². The van der Waals surface area contributed by atoms with Crippen LogP contribution >= 0.6 is 23.7 Å². The largest absolute Gasteiger partial charge is 0.330 e. The molecule has 3 rings (SSSR count). The lowest BCUT2D eigenvalue weighted by atomic mass is 10.1. The standard InChI is InChI=1S/C14H16N4S.ClH/c1-10-4-6-11(7-5-10)12-9-18-14(16-12)19-13(17-18)3-2-8-15;/h4-7,9H,2-3,8,15H2,1H3;1H. The third kappa shape index (κ3) is 3.00. The Labute approximate surface area is 128 Å². The van der Waals surface area contributed by atoms with Crippen molar-refractivity contribution in [1.29, 1.82) is 0 Å². The van der Waals surface area contributed by atoms with E-state index in [1.807, 2.05) is 10.7 Å². The molecule has 0 saturated carbocycles. The number of aryl methyl sites for hydroxylation is 2. The molecular formula is C14H17ClN4S. The molecule has 0 saturated heterocycles. The lowest BCUT2D eigenvalue weighted by molar-refractivity contribution is 0.799. The molecule has 2 N–H and O–H groups in total. The van der Waals surface area contributed by atoms with Gasteiger partial charge in [0.05, 0.1) is 11.9 Å². The van der Waals surface area contributed by atoms with E-state index in [4.69, 9.17) is 5.73 Å². The average molecular weight is 309 g/mol. The normalized spacial score (nSPS) is 10.7. The minimum Gasteiger partial charge on any atom is -0.330 e. The lowest BCUT2D eigenvalue weighted by Gasteiger charge is -1.96. The monoisotopic (exact) mass is 308 g/mol. The summed E-state index contributed by atoms with van der Waals surface area (Å²) >= 11 is 1.64. The first-order valence-electron chi connectivity index (χ1n) is 6.38. The van der Waals surface area contributed by atoms with E-state index in [-0.39, 0.29) is 12.4 Å². The predicted octanol–water partition coefficient (Wildman–Crippen LogP) is 3.08. The van der Waals surface area contributed by atoms with Crippen molar-refractivity contribution < 1.29 is 0 Å². The maximum absolute atomic E-state index is 5.51. The molecule has 0 bridgehead atoms. The Hall–Kier alpha value is -1.43. The lowest BCUT2D eigenvalue weighted by Crippen LogP contribution is -2.00. The summed E-state index contributed by atoms with van der Waals surface area (Å²) in [5, 5.41) is 5.63. The van der Waals surface area contributed by atoms with Gasteiger partial charge in [-0.1, -0.05) is 41.2 Å². The third-order valence-electron chi connectivity index (χ3n) is 3.03. The molecule has 2 heterocycles. The summed E-state index contributed by atoms with van der Waals surface area (Å²) in [4.78, 5) is 5.58. The van der Waals surface area contributed by atoms with Gasteiger partial charge in [0, 0.05) is 12.0 Å². The molecule has 0 atom stereocenters. The maximum Gasteiger partial charge on any atom is 0.212 e. The van der Waals surface area contributed by atoms with E-state index in [2.05, 4.69) is 41.3 Å². The van der Waals surface area contributed by atoms with Crippen molar-refractivity contribution in [2.45, 2.75) is 19.8 Å². The summed E-state index contributed by atoms with van der Waals surface area (Å²) in [5.74, 6) is 0. The zero-order valence-electron chi connectivity index (χ0n) is 11.2. The van der Waals surface area contributed by atoms with Crippen LogP contribution in [-0.2, 0) is 6.42 Å². The van der Waals surface area contributed by atoms with E-state index in [9.17, 15) is 0 Å². The van der Waals surface area contributed by atoms with Crippen molar-refractivity contribution in [3.05, 3.63) is 41.0 Å². The molecule has 4 nitrogen and oxygen atoms in total. The van der Waals surface area contributed by atoms with Gasteiger partial charge in [0.25, 0.3) is 0 Å². The van der Waals surface area contributed by atoms with Gasteiger partial charge < -0.3 is 5.73 Å². The van der Waals surface area contributed by atoms with Gasteiger partial charge >= 0.3 is 0 Å². The van der Waals surface area contributed by atoms with E-state index in [0.29, 0.717) is 6.54 Å². The zero-order valence-corrected chi connectivity index (χ0v) is 12.9. The third-order valence-corrected chi connectivity index (χ3v) is 4.01. The topological polar surface area (TPSA) is 56.2 Å². The molecule has 0 unspecified atom stereocenters. The van der Waals surface area contributed by atoms with Crippen LogP contribution in [0.25, 0.3) is 16.2 Å². The molecule has 0 amide bonds. The molecule has 0 aliphatic rings. The molecule has 1 aromatic carbocycles. The Morgan fingerprint density at radius 3 is 2.65 bits per heavy atom. The summed E-state index contributed by atoms with van der Waals surface area (Å²) in [5.41, 5.74) is 8.88. The van der Waals surface area contributed by atoms with E-state index in [0.717, 1.165) is 34.1 Å². The Morgan fingerprint density at radius 2 is 2.00 bits per heavy atom. The Morgan fingerprint density at radius 1 is 1.25 bits per heavy atom. The molecule has 0 aliphatic heterocycles. The molecular weight excluding hydrogens is 292 g/mol. The van der Waals surface area contributed by atoms with Crippen LogP contribution < -0.4 is 5.73 Å². The minimum atomic E-state index is 0. The highest BCUT2D eigenvalue weighted by Crippen LogP contribution is 2.22. The Kier molecular flexibility index (Phi) is 4.75. The molecule has 106 valence electrons. The number of halogens is 1.